The maximum Gasteiger partial charge on any atom is 0.328 e. The summed E-state index contributed by atoms with van der Waals surface area (Å²) in [6.45, 7) is 0.409. The maximum atomic E-state index is 10.9. The Morgan fingerprint density at radius 2 is 2.07 bits per heavy atom. The minimum atomic E-state index is -4.13. The number of rotatable bonds is 2. The zero-order chi connectivity index (χ0) is 10.9. The van der Waals surface area contributed by atoms with Crippen LogP contribution in [-0.2, 0) is 9.36 Å². The summed E-state index contributed by atoms with van der Waals surface area (Å²) in [6.07, 6.45) is 0.376. The van der Waals surface area contributed by atoms with Crippen LogP contribution in [0.5, 0.6) is 0 Å². The standard InChI is InChI=1S/C7H14NO5P/c1-8-3-2-5(14(11,12)13)4-6(8)7(9)10/h5-6H,2-4H2,1H3,(H,9,10)(H2,11,12,13)/t5-,6+/m0/s1. The van der Waals surface area contributed by atoms with Gasteiger partial charge in [-0.1, -0.05) is 0 Å². The summed E-state index contributed by atoms with van der Waals surface area (Å²) in [6, 6.07) is -0.777. The molecule has 1 fully saturated rings. The van der Waals surface area contributed by atoms with Crippen LogP contribution in [0.1, 0.15) is 12.8 Å². The highest BCUT2D eigenvalue weighted by molar-refractivity contribution is 7.52. The van der Waals surface area contributed by atoms with Crippen molar-refractivity contribution >= 4 is 13.6 Å². The van der Waals surface area contributed by atoms with Crippen LogP contribution in [0.2, 0.25) is 0 Å². The number of likely N-dealkylation sites (tertiary alicyclic amines) is 1. The van der Waals surface area contributed by atoms with Crippen molar-refractivity contribution in [2.45, 2.75) is 24.5 Å². The lowest BCUT2D eigenvalue weighted by atomic mass is 10.0. The Kier molecular flexibility index (Phi) is 3.32. The molecule has 0 aliphatic carbocycles. The molecule has 0 radical (unpaired) electrons. The minimum absolute atomic E-state index is 0.0239. The van der Waals surface area contributed by atoms with Crippen molar-refractivity contribution in [3.05, 3.63) is 0 Å². The van der Waals surface area contributed by atoms with Crippen LogP contribution in [0.25, 0.3) is 0 Å². The van der Waals surface area contributed by atoms with E-state index in [2.05, 4.69) is 0 Å². The fourth-order valence-electron chi connectivity index (χ4n) is 1.66. The van der Waals surface area contributed by atoms with Gasteiger partial charge in [-0.2, -0.15) is 0 Å². The molecule has 1 rings (SSSR count). The molecule has 7 heteroatoms. The van der Waals surface area contributed by atoms with E-state index >= 15 is 0 Å². The van der Waals surface area contributed by atoms with E-state index in [0.29, 0.717) is 13.0 Å². The second-order valence-corrected chi connectivity index (χ2v) is 5.51. The van der Waals surface area contributed by atoms with Crippen molar-refractivity contribution in [1.29, 1.82) is 0 Å². The number of piperidine rings is 1. The van der Waals surface area contributed by atoms with Gasteiger partial charge in [0.05, 0.1) is 5.66 Å². The SMILES string of the molecule is CN1CC[C@H](P(=O)(O)O)C[C@@H]1C(=O)O. The van der Waals surface area contributed by atoms with Gasteiger partial charge in [0.2, 0.25) is 0 Å². The van der Waals surface area contributed by atoms with Gasteiger partial charge in [0.25, 0.3) is 0 Å². The van der Waals surface area contributed by atoms with Gasteiger partial charge in [0.1, 0.15) is 6.04 Å². The average molecular weight is 223 g/mol. The first kappa shape index (κ1) is 11.7. The smallest absolute Gasteiger partial charge is 0.328 e. The Hall–Kier alpha value is -0.420. The lowest BCUT2D eigenvalue weighted by molar-refractivity contribution is -0.143. The van der Waals surface area contributed by atoms with Crippen LogP contribution >= 0.6 is 7.60 Å². The molecule has 0 bridgehead atoms. The number of hydrogen-bond donors (Lipinski definition) is 3. The molecule has 1 saturated heterocycles. The predicted octanol–water partition coefficient (Wildman–Crippen LogP) is -0.289. The number of nitrogens with zero attached hydrogens (tertiary/aromatic N) is 1. The van der Waals surface area contributed by atoms with Gasteiger partial charge in [0.15, 0.2) is 0 Å². The summed E-state index contributed by atoms with van der Waals surface area (Å²) >= 11 is 0. The molecule has 0 aromatic heterocycles. The molecule has 0 spiro atoms. The fraction of sp³-hybridized carbons (Fsp3) is 0.857. The van der Waals surface area contributed by atoms with Crippen molar-refractivity contribution in [1.82, 2.24) is 4.90 Å². The predicted molar refractivity (Wildman–Crippen MR) is 49.1 cm³/mol. The van der Waals surface area contributed by atoms with E-state index in [1.807, 2.05) is 0 Å². The third-order valence-corrected chi connectivity index (χ3v) is 4.02. The second-order valence-electron chi connectivity index (χ2n) is 3.60. The van der Waals surface area contributed by atoms with Crippen LogP contribution in [0.3, 0.4) is 0 Å². The number of carboxylic acid groups (broad SMARTS) is 1. The van der Waals surface area contributed by atoms with E-state index in [9.17, 15) is 9.36 Å². The van der Waals surface area contributed by atoms with Crippen LogP contribution < -0.4 is 0 Å². The van der Waals surface area contributed by atoms with Crippen molar-refractivity contribution in [2.24, 2.45) is 0 Å². The molecular formula is C7H14NO5P. The number of carboxylic acids is 1. The topological polar surface area (TPSA) is 98.1 Å². The lowest BCUT2D eigenvalue weighted by Gasteiger charge is -2.34. The Bertz CT molecular complexity index is 275. The quantitative estimate of drug-likeness (QED) is 0.556. The van der Waals surface area contributed by atoms with E-state index in [-0.39, 0.29) is 6.42 Å². The minimum Gasteiger partial charge on any atom is -0.480 e. The molecule has 3 N–H and O–H groups in total. The molecule has 82 valence electrons. The summed E-state index contributed by atoms with van der Waals surface area (Å²) in [5, 5.41) is 8.80. The second kappa shape index (κ2) is 3.98. The first-order valence-electron chi connectivity index (χ1n) is 4.30. The maximum absolute atomic E-state index is 10.9. The first-order valence-corrected chi connectivity index (χ1v) is 5.99. The molecule has 0 saturated carbocycles. The molecule has 0 aromatic rings. The number of carbonyl (C=O) groups is 1. The van der Waals surface area contributed by atoms with E-state index in [1.165, 1.54) is 0 Å². The molecule has 2 atom stereocenters. The highest BCUT2D eigenvalue weighted by Crippen LogP contribution is 2.47. The number of hydrogen-bond acceptors (Lipinski definition) is 3. The molecule has 1 aliphatic heterocycles. The van der Waals surface area contributed by atoms with Gasteiger partial charge < -0.3 is 14.9 Å². The third kappa shape index (κ3) is 2.54. The molecule has 14 heavy (non-hydrogen) atoms. The Labute approximate surface area is 81.7 Å². The van der Waals surface area contributed by atoms with Gasteiger partial charge in [-0.3, -0.25) is 14.3 Å². The monoisotopic (exact) mass is 223 g/mol. The summed E-state index contributed by atoms with van der Waals surface area (Å²) in [5.41, 5.74) is -0.806. The van der Waals surface area contributed by atoms with Gasteiger partial charge >= 0.3 is 13.6 Å². The zero-order valence-corrected chi connectivity index (χ0v) is 8.72. The summed E-state index contributed by atoms with van der Waals surface area (Å²) < 4.78 is 10.9. The highest BCUT2D eigenvalue weighted by atomic mass is 31.2. The van der Waals surface area contributed by atoms with Crippen LogP contribution in [0.15, 0.2) is 0 Å². The van der Waals surface area contributed by atoms with Crippen LogP contribution in [0, 0.1) is 0 Å². The third-order valence-electron chi connectivity index (χ3n) is 2.60. The van der Waals surface area contributed by atoms with Crippen molar-refractivity contribution in [3.63, 3.8) is 0 Å². The summed E-state index contributed by atoms with van der Waals surface area (Å²) in [5.74, 6) is -1.02. The first-order chi connectivity index (χ1) is 6.32. The lowest BCUT2D eigenvalue weighted by Crippen LogP contribution is -2.46. The van der Waals surface area contributed by atoms with Crippen LogP contribution in [0.4, 0.5) is 0 Å². The number of aliphatic carboxylic acids is 1. The Morgan fingerprint density at radius 1 is 1.50 bits per heavy atom. The molecule has 0 aromatic carbocycles. The number of likely N-dealkylation sites (N-methyl/N-ethyl adjacent to an activating group) is 1. The van der Waals surface area contributed by atoms with E-state index < -0.39 is 25.3 Å². The van der Waals surface area contributed by atoms with Gasteiger partial charge in [0, 0.05) is 0 Å². The molecule has 1 aliphatic rings. The van der Waals surface area contributed by atoms with Crippen molar-refractivity contribution in [2.75, 3.05) is 13.6 Å². The fourth-order valence-corrected chi connectivity index (χ4v) is 2.58. The highest BCUT2D eigenvalue weighted by Gasteiger charge is 2.39. The molecular weight excluding hydrogens is 209 g/mol. The van der Waals surface area contributed by atoms with E-state index in [4.69, 9.17) is 14.9 Å². The summed E-state index contributed by atoms with van der Waals surface area (Å²) in [4.78, 5) is 30.2. The van der Waals surface area contributed by atoms with Gasteiger partial charge in [-0.15, -0.1) is 0 Å². The molecule has 1 heterocycles. The van der Waals surface area contributed by atoms with E-state index in [1.54, 1.807) is 11.9 Å². The van der Waals surface area contributed by atoms with Crippen molar-refractivity contribution in [3.8, 4) is 0 Å². The summed E-state index contributed by atoms with van der Waals surface area (Å²) in [7, 11) is -2.49. The van der Waals surface area contributed by atoms with Gasteiger partial charge in [-0.05, 0) is 26.4 Å². The van der Waals surface area contributed by atoms with E-state index in [0.717, 1.165) is 0 Å². The zero-order valence-electron chi connectivity index (χ0n) is 7.83. The Balaban J connectivity index is 2.72. The molecule has 0 amide bonds. The van der Waals surface area contributed by atoms with Crippen molar-refractivity contribution < 1.29 is 24.3 Å². The Morgan fingerprint density at radius 3 is 2.50 bits per heavy atom. The van der Waals surface area contributed by atoms with Crippen LogP contribution in [-0.4, -0.2) is 51.1 Å². The molecule has 6 nitrogen and oxygen atoms in total. The average Bonchev–Trinajstić information content (AvgIpc) is 2.02. The normalized spacial score (nSPS) is 30.2. The largest absolute Gasteiger partial charge is 0.480 e. The van der Waals surface area contributed by atoms with Gasteiger partial charge in [-0.25, -0.2) is 0 Å². The molecule has 0 unspecified atom stereocenters.